The van der Waals surface area contributed by atoms with E-state index >= 15 is 0 Å². The topological polar surface area (TPSA) is 80.4 Å². The zero-order valence-electron chi connectivity index (χ0n) is 8.12. The minimum Gasteiger partial charge on any atom is -0.481 e. The molecule has 0 aromatic rings. The van der Waals surface area contributed by atoms with Gasteiger partial charge in [0.25, 0.3) is 0 Å². The summed E-state index contributed by atoms with van der Waals surface area (Å²) in [5, 5.41) is 8.43. The molecule has 0 aliphatic heterocycles. The van der Waals surface area contributed by atoms with E-state index in [2.05, 4.69) is 0 Å². The minimum atomic E-state index is -1.02. The molecule has 4 heteroatoms. The van der Waals surface area contributed by atoms with E-state index in [-0.39, 0.29) is 18.1 Å². The summed E-state index contributed by atoms with van der Waals surface area (Å²) in [7, 11) is 0. The third-order valence-corrected chi connectivity index (χ3v) is 2.15. The molecule has 0 aromatic heterocycles. The SMILES string of the molecule is CCC(CC)C(=O)[C@@H](N)CC(=O)O. The molecule has 0 amide bonds. The van der Waals surface area contributed by atoms with Crippen molar-refractivity contribution in [3.05, 3.63) is 0 Å². The van der Waals surface area contributed by atoms with Crippen molar-refractivity contribution in [2.75, 3.05) is 0 Å². The highest BCUT2D eigenvalue weighted by molar-refractivity contribution is 5.89. The second kappa shape index (κ2) is 5.70. The van der Waals surface area contributed by atoms with E-state index in [4.69, 9.17) is 10.8 Å². The predicted octanol–water partition coefficient (Wildman–Crippen LogP) is 0.794. The van der Waals surface area contributed by atoms with Crippen LogP contribution in [0, 0.1) is 5.92 Å². The quantitative estimate of drug-likeness (QED) is 0.644. The number of ketones is 1. The number of aliphatic carboxylic acids is 1. The Balaban J connectivity index is 4.14. The van der Waals surface area contributed by atoms with E-state index in [0.29, 0.717) is 0 Å². The molecule has 13 heavy (non-hydrogen) atoms. The first kappa shape index (κ1) is 12.1. The molecular formula is C9H17NO3. The summed E-state index contributed by atoms with van der Waals surface area (Å²) >= 11 is 0. The maximum Gasteiger partial charge on any atom is 0.305 e. The molecule has 0 aromatic carbocycles. The van der Waals surface area contributed by atoms with Crippen molar-refractivity contribution in [3.63, 3.8) is 0 Å². The van der Waals surface area contributed by atoms with Gasteiger partial charge in [0.2, 0.25) is 0 Å². The average Bonchev–Trinajstić information content (AvgIpc) is 2.05. The van der Waals surface area contributed by atoms with E-state index in [1.165, 1.54) is 0 Å². The molecule has 0 heterocycles. The highest BCUT2D eigenvalue weighted by Crippen LogP contribution is 2.11. The van der Waals surface area contributed by atoms with Crippen molar-refractivity contribution < 1.29 is 14.7 Å². The lowest BCUT2D eigenvalue weighted by Crippen LogP contribution is -2.37. The van der Waals surface area contributed by atoms with Gasteiger partial charge in [-0.25, -0.2) is 0 Å². The van der Waals surface area contributed by atoms with Crippen LogP contribution in [0.25, 0.3) is 0 Å². The summed E-state index contributed by atoms with van der Waals surface area (Å²) in [4.78, 5) is 21.7. The van der Waals surface area contributed by atoms with E-state index in [9.17, 15) is 9.59 Å². The standard InChI is InChI=1S/C9H17NO3/c1-3-6(4-2)9(13)7(10)5-8(11)12/h6-7H,3-5,10H2,1-2H3,(H,11,12)/t7-/m0/s1. The molecule has 4 nitrogen and oxygen atoms in total. The lowest BCUT2D eigenvalue weighted by molar-refractivity contribution is -0.139. The van der Waals surface area contributed by atoms with Crippen molar-refractivity contribution in [1.82, 2.24) is 0 Å². The van der Waals surface area contributed by atoms with Crippen LogP contribution in [0.15, 0.2) is 0 Å². The van der Waals surface area contributed by atoms with Crippen LogP contribution in [0.2, 0.25) is 0 Å². The fourth-order valence-corrected chi connectivity index (χ4v) is 1.28. The fraction of sp³-hybridized carbons (Fsp3) is 0.778. The third kappa shape index (κ3) is 4.03. The smallest absolute Gasteiger partial charge is 0.305 e. The molecule has 1 atom stereocenters. The minimum absolute atomic E-state index is 0.0886. The van der Waals surface area contributed by atoms with Crippen LogP contribution in [0.4, 0.5) is 0 Å². The summed E-state index contributed by atoms with van der Waals surface area (Å²) in [5.41, 5.74) is 5.44. The monoisotopic (exact) mass is 187 g/mol. The van der Waals surface area contributed by atoms with Crippen molar-refractivity contribution >= 4 is 11.8 Å². The molecule has 3 N–H and O–H groups in total. The second-order valence-corrected chi connectivity index (χ2v) is 3.12. The molecule has 76 valence electrons. The van der Waals surface area contributed by atoms with Crippen LogP contribution in [0.1, 0.15) is 33.1 Å². The van der Waals surface area contributed by atoms with Gasteiger partial charge >= 0.3 is 5.97 Å². The first-order valence-electron chi connectivity index (χ1n) is 4.54. The van der Waals surface area contributed by atoms with Gasteiger partial charge in [0.1, 0.15) is 0 Å². The largest absolute Gasteiger partial charge is 0.481 e. The number of carboxylic acids is 1. The Labute approximate surface area is 78.1 Å². The van der Waals surface area contributed by atoms with E-state index in [0.717, 1.165) is 12.8 Å². The maximum atomic E-state index is 11.5. The van der Waals surface area contributed by atoms with Gasteiger partial charge in [-0.2, -0.15) is 0 Å². The van der Waals surface area contributed by atoms with Crippen LogP contribution in [-0.2, 0) is 9.59 Å². The number of Topliss-reactive ketones (excluding diaryl/α,β-unsaturated/α-hetero) is 1. The second-order valence-electron chi connectivity index (χ2n) is 3.12. The highest BCUT2D eigenvalue weighted by Gasteiger charge is 2.23. The molecule has 0 rings (SSSR count). The van der Waals surface area contributed by atoms with Crippen molar-refractivity contribution in [1.29, 1.82) is 0 Å². The summed E-state index contributed by atoms with van der Waals surface area (Å²) in [6.07, 6.45) is 1.18. The maximum absolute atomic E-state index is 11.5. The predicted molar refractivity (Wildman–Crippen MR) is 49.3 cm³/mol. The van der Waals surface area contributed by atoms with Gasteiger partial charge in [0.15, 0.2) is 5.78 Å². The van der Waals surface area contributed by atoms with E-state index in [1.807, 2.05) is 13.8 Å². The van der Waals surface area contributed by atoms with Crippen LogP contribution in [0.5, 0.6) is 0 Å². The molecular weight excluding hydrogens is 170 g/mol. The summed E-state index contributed by atoms with van der Waals surface area (Å²) in [6, 6.07) is -0.845. The van der Waals surface area contributed by atoms with Crippen molar-refractivity contribution in [2.24, 2.45) is 11.7 Å². The normalized spacial score (nSPS) is 12.9. The van der Waals surface area contributed by atoms with Crippen LogP contribution in [0.3, 0.4) is 0 Å². The number of carbonyl (C=O) groups is 2. The first-order valence-corrected chi connectivity index (χ1v) is 4.54. The Morgan fingerprint density at radius 1 is 1.31 bits per heavy atom. The Kier molecular flexibility index (Phi) is 5.30. The van der Waals surface area contributed by atoms with Crippen molar-refractivity contribution in [2.45, 2.75) is 39.2 Å². The Bertz CT molecular complexity index is 187. The molecule has 0 saturated heterocycles. The summed E-state index contributed by atoms with van der Waals surface area (Å²) in [5.74, 6) is -1.24. The van der Waals surface area contributed by atoms with Crippen LogP contribution in [-0.4, -0.2) is 22.9 Å². The zero-order chi connectivity index (χ0) is 10.4. The van der Waals surface area contributed by atoms with E-state index in [1.54, 1.807) is 0 Å². The highest BCUT2D eigenvalue weighted by atomic mass is 16.4. The van der Waals surface area contributed by atoms with Gasteiger partial charge in [-0.1, -0.05) is 13.8 Å². The number of hydrogen-bond donors (Lipinski definition) is 2. The van der Waals surface area contributed by atoms with Gasteiger partial charge in [0, 0.05) is 5.92 Å². The first-order chi connectivity index (χ1) is 6.02. The van der Waals surface area contributed by atoms with Gasteiger partial charge in [-0.3, -0.25) is 9.59 Å². The molecule has 0 aliphatic carbocycles. The Hall–Kier alpha value is -0.900. The third-order valence-electron chi connectivity index (χ3n) is 2.15. The van der Waals surface area contributed by atoms with Gasteiger partial charge in [-0.15, -0.1) is 0 Å². The molecule has 0 fully saturated rings. The van der Waals surface area contributed by atoms with Gasteiger partial charge in [0.05, 0.1) is 12.5 Å². The number of carboxylic acid groups (broad SMARTS) is 1. The van der Waals surface area contributed by atoms with E-state index < -0.39 is 12.0 Å². The molecule has 0 spiro atoms. The summed E-state index contributed by atoms with van der Waals surface area (Å²) in [6.45, 7) is 3.80. The number of nitrogens with two attached hydrogens (primary N) is 1. The Morgan fingerprint density at radius 2 is 1.77 bits per heavy atom. The number of hydrogen-bond acceptors (Lipinski definition) is 3. The lowest BCUT2D eigenvalue weighted by Gasteiger charge is -2.15. The summed E-state index contributed by atoms with van der Waals surface area (Å²) < 4.78 is 0. The average molecular weight is 187 g/mol. The molecule has 0 radical (unpaired) electrons. The molecule has 0 bridgehead atoms. The molecule has 0 aliphatic rings. The number of carbonyl (C=O) groups excluding carboxylic acids is 1. The van der Waals surface area contributed by atoms with Crippen LogP contribution >= 0.6 is 0 Å². The zero-order valence-corrected chi connectivity index (χ0v) is 8.12. The Morgan fingerprint density at radius 3 is 2.08 bits per heavy atom. The molecule has 0 saturated carbocycles. The van der Waals surface area contributed by atoms with Crippen LogP contribution < -0.4 is 5.73 Å². The van der Waals surface area contributed by atoms with Gasteiger partial charge in [-0.05, 0) is 12.8 Å². The lowest BCUT2D eigenvalue weighted by atomic mass is 9.92. The fourth-order valence-electron chi connectivity index (χ4n) is 1.28. The van der Waals surface area contributed by atoms with Crippen molar-refractivity contribution in [3.8, 4) is 0 Å². The number of rotatable bonds is 6. The molecule has 0 unspecified atom stereocenters. The van der Waals surface area contributed by atoms with Gasteiger partial charge < -0.3 is 10.8 Å².